The maximum absolute atomic E-state index is 6.06. The number of rotatable bonds is 2. The summed E-state index contributed by atoms with van der Waals surface area (Å²) in [6.45, 7) is 6.64. The molecule has 0 atom stereocenters. The minimum absolute atomic E-state index is 0.0988. The van der Waals surface area contributed by atoms with Gasteiger partial charge >= 0.3 is 0 Å². The van der Waals surface area contributed by atoms with Crippen molar-refractivity contribution in [2.75, 3.05) is 11.1 Å². The molecule has 0 aliphatic heterocycles. The molecule has 0 aliphatic rings. The maximum atomic E-state index is 6.06. The number of anilines is 3. The second-order valence-corrected chi connectivity index (χ2v) is 6.90. The summed E-state index contributed by atoms with van der Waals surface area (Å²) in [5.74, 6) is 0. The summed E-state index contributed by atoms with van der Waals surface area (Å²) in [6, 6.07) is 14.4. The highest BCUT2D eigenvalue weighted by Gasteiger charge is 2.17. The van der Waals surface area contributed by atoms with Crippen LogP contribution in [0.5, 0.6) is 0 Å². The number of nitrogen functional groups attached to an aromatic ring is 1. The number of benzene rings is 2. The Morgan fingerprint density at radius 3 is 2.32 bits per heavy atom. The second kappa shape index (κ2) is 5.41. The molecule has 0 bridgehead atoms. The van der Waals surface area contributed by atoms with Gasteiger partial charge in [-0.1, -0.05) is 39.0 Å². The minimum atomic E-state index is 0.0988. The minimum Gasteiger partial charge on any atom is -0.397 e. The molecule has 2 nitrogen and oxygen atoms in total. The van der Waals surface area contributed by atoms with Crippen LogP contribution in [0, 0.1) is 3.57 Å². The van der Waals surface area contributed by atoms with E-state index < -0.39 is 0 Å². The predicted octanol–water partition coefficient (Wildman–Crippen LogP) is 4.91. The molecule has 0 aliphatic carbocycles. The number of hydrogen-bond acceptors (Lipinski definition) is 2. The lowest BCUT2D eigenvalue weighted by molar-refractivity contribution is 0.592. The maximum Gasteiger partial charge on any atom is 0.0618 e. The van der Waals surface area contributed by atoms with E-state index in [9.17, 15) is 0 Å². The van der Waals surface area contributed by atoms with Crippen molar-refractivity contribution in [2.45, 2.75) is 26.2 Å². The molecule has 0 spiro atoms. The average Bonchev–Trinajstić information content (AvgIpc) is 2.32. The fourth-order valence-electron chi connectivity index (χ4n) is 2.04. The van der Waals surface area contributed by atoms with Crippen LogP contribution in [-0.2, 0) is 5.41 Å². The molecule has 0 radical (unpaired) electrons. The fourth-order valence-corrected chi connectivity index (χ4v) is 2.55. The van der Waals surface area contributed by atoms with E-state index in [0.29, 0.717) is 0 Å². The van der Waals surface area contributed by atoms with Crippen LogP contribution in [0.2, 0.25) is 0 Å². The number of halogens is 1. The van der Waals surface area contributed by atoms with E-state index in [1.165, 1.54) is 5.56 Å². The van der Waals surface area contributed by atoms with Gasteiger partial charge < -0.3 is 11.1 Å². The molecule has 0 unspecified atom stereocenters. The Kier molecular flexibility index (Phi) is 4.04. The van der Waals surface area contributed by atoms with E-state index >= 15 is 0 Å². The lowest BCUT2D eigenvalue weighted by atomic mass is 9.86. The van der Waals surface area contributed by atoms with Crippen LogP contribution in [0.15, 0.2) is 42.5 Å². The topological polar surface area (TPSA) is 38.0 Å². The van der Waals surface area contributed by atoms with Crippen molar-refractivity contribution in [1.82, 2.24) is 0 Å². The van der Waals surface area contributed by atoms with Gasteiger partial charge in [-0.15, -0.1) is 0 Å². The molecule has 2 rings (SSSR count). The summed E-state index contributed by atoms with van der Waals surface area (Å²) >= 11 is 2.26. The van der Waals surface area contributed by atoms with Gasteiger partial charge in [-0.2, -0.15) is 0 Å². The molecule has 19 heavy (non-hydrogen) atoms. The Bertz CT molecular complexity index is 586. The van der Waals surface area contributed by atoms with E-state index in [4.69, 9.17) is 5.73 Å². The average molecular weight is 366 g/mol. The van der Waals surface area contributed by atoms with Gasteiger partial charge in [0.15, 0.2) is 0 Å². The van der Waals surface area contributed by atoms with E-state index in [1.54, 1.807) is 0 Å². The van der Waals surface area contributed by atoms with Crippen molar-refractivity contribution in [3.8, 4) is 0 Å². The molecule has 0 saturated heterocycles. The number of para-hydroxylation sites is 1. The van der Waals surface area contributed by atoms with Gasteiger partial charge in [-0.05, 0) is 57.8 Å². The zero-order valence-electron chi connectivity index (χ0n) is 11.5. The summed E-state index contributed by atoms with van der Waals surface area (Å²) in [6.07, 6.45) is 0. The Morgan fingerprint density at radius 2 is 1.68 bits per heavy atom. The van der Waals surface area contributed by atoms with Gasteiger partial charge in [0.2, 0.25) is 0 Å². The summed E-state index contributed by atoms with van der Waals surface area (Å²) in [5, 5.41) is 3.45. The molecule has 0 heterocycles. The first-order valence-corrected chi connectivity index (χ1v) is 7.37. The molecule has 100 valence electrons. The molecular weight excluding hydrogens is 347 g/mol. The summed E-state index contributed by atoms with van der Waals surface area (Å²) in [4.78, 5) is 0. The van der Waals surface area contributed by atoms with E-state index in [1.807, 2.05) is 18.2 Å². The quantitative estimate of drug-likeness (QED) is 0.585. The van der Waals surface area contributed by atoms with Gasteiger partial charge in [0.25, 0.3) is 0 Å². The first-order valence-electron chi connectivity index (χ1n) is 6.29. The predicted molar refractivity (Wildman–Crippen MR) is 92.0 cm³/mol. The number of hydrogen-bond donors (Lipinski definition) is 2. The molecule has 3 N–H and O–H groups in total. The van der Waals surface area contributed by atoms with Gasteiger partial charge in [0.1, 0.15) is 0 Å². The van der Waals surface area contributed by atoms with Crippen molar-refractivity contribution in [3.05, 3.63) is 51.6 Å². The zero-order valence-corrected chi connectivity index (χ0v) is 13.7. The largest absolute Gasteiger partial charge is 0.397 e. The Labute approximate surface area is 128 Å². The third-order valence-electron chi connectivity index (χ3n) is 3.02. The lowest BCUT2D eigenvalue weighted by Gasteiger charge is -2.23. The second-order valence-electron chi connectivity index (χ2n) is 5.65. The standard InChI is InChI=1S/C16H19IN2/c1-16(2,3)12-6-4-5-7-14(12)19-15-9-8-11(17)10-13(15)18/h4-10,19H,18H2,1-3H3. The highest BCUT2D eigenvalue weighted by atomic mass is 127. The summed E-state index contributed by atoms with van der Waals surface area (Å²) in [7, 11) is 0. The van der Waals surface area contributed by atoms with Crippen LogP contribution in [0.3, 0.4) is 0 Å². The van der Waals surface area contributed by atoms with Gasteiger partial charge in [0, 0.05) is 9.26 Å². The van der Waals surface area contributed by atoms with Crippen molar-refractivity contribution < 1.29 is 0 Å². The first kappa shape index (κ1) is 14.2. The zero-order chi connectivity index (χ0) is 14.0. The molecule has 0 fully saturated rings. The van der Waals surface area contributed by atoms with Gasteiger partial charge in [0.05, 0.1) is 11.4 Å². The number of nitrogens with two attached hydrogens (primary N) is 1. The van der Waals surface area contributed by atoms with Gasteiger partial charge in [-0.3, -0.25) is 0 Å². The summed E-state index contributed by atoms with van der Waals surface area (Å²) < 4.78 is 1.14. The molecule has 2 aromatic carbocycles. The van der Waals surface area contributed by atoms with E-state index in [-0.39, 0.29) is 5.41 Å². The summed E-state index contributed by atoms with van der Waals surface area (Å²) in [5.41, 5.74) is 10.3. The van der Waals surface area contributed by atoms with Crippen LogP contribution in [0.4, 0.5) is 17.1 Å². The fraction of sp³-hybridized carbons (Fsp3) is 0.250. The normalized spacial score (nSPS) is 11.4. The first-order chi connectivity index (χ1) is 8.88. The van der Waals surface area contributed by atoms with E-state index in [2.05, 4.69) is 72.9 Å². The SMILES string of the molecule is CC(C)(C)c1ccccc1Nc1ccc(I)cc1N. The van der Waals surface area contributed by atoms with Crippen LogP contribution in [-0.4, -0.2) is 0 Å². The van der Waals surface area contributed by atoms with Crippen molar-refractivity contribution in [3.63, 3.8) is 0 Å². The third kappa shape index (κ3) is 3.41. The van der Waals surface area contributed by atoms with Crippen molar-refractivity contribution >= 4 is 39.7 Å². The smallest absolute Gasteiger partial charge is 0.0618 e. The molecular formula is C16H19IN2. The monoisotopic (exact) mass is 366 g/mol. The van der Waals surface area contributed by atoms with Crippen LogP contribution in [0.1, 0.15) is 26.3 Å². The Morgan fingerprint density at radius 1 is 1.00 bits per heavy atom. The van der Waals surface area contributed by atoms with Crippen molar-refractivity contribution in [2.24, 2.45) is 0 Å². The lowest BCUT2D eigenvalue weighted by Crippen LogP contribution is -2.13. The van der Waals surface area contributed by atoms with Crippen LogP contribution in [0.25, 0.3) is 0 Å². The Hall–Kier alpha value is -1.23. The van der Waals surface area contributed by atoms with E-state index in [0.717, 1.165) is 20.6 Å². The number of nitrogens with one attached hydrogen (secondary N) is 1. The third-order valence-corrected chi connectivity index (χ3v) is 3.69. The van der Waals surface area contributed by atoms with Crippen LogP contribution < -0.4 is 11.1 Å². The van der Waals surface area contributed by atoms with Gasteiger partial charge in [-0.25, -0.2) is 0 Å². The molecule has 0 amide bonds. The Balaban J connectivity index is 2.39. The molecule has 0 aromatic heterocycles. The molecule has 0 saturated carbocycles. The molecule has 3 heteroatoms. The van der Waals surface area contributed by atoms with Crippen LogP contribution >= 0.6 is 22.6 Å². The molecule has 2 aromatic rings. The van der Waals surface area contributed by atoms with Crippen molar-refractivity contribution in [1.29, 1.82) is 0 Å². The highest BCUT2D eigenvalue weighted by molar-refractivity contribution is 14.1. The highest BCUT2D eigenvalue weighted by Crippen LogP contribution is 2.33.